The summed E-state index contributed by atoms with van der Waals surface area (Å²) in [5, 5.41) is 11.6. The molecule has 0 unspecified atom stereocenters. The summed E-state index contributed by atoms with van der Waals surface area (Å²) < 4.78 is 78.0. The maximum Gasteiger partial charge on any atom is 0.416 e. The van der Waals surface area contributed by atoms with Crippen LogP contribution in [0, 0.1) is 16.7 Å². The molecule has 0 fully saturated rings. The van der Waals surface area contributed by atoms with Gasteiger partial charge >= 0.3 is 12.4 Å². The molecule has 3 rings (SSSR count). The average Bonchev–Trinajstić information content (AvgIpc) is 2.69. The second-order valence-corrected chi connectivity index (χ2v) is 9.48. The molecule has 0 saturated heterocycles. The van der Waals surface area contributed by atoms with Crippen molar-refractivity contribution in [2.24, 2.45) is 5.41 Å². The molecule has 1 amide bonds. The number of alkyl halides is 6. The molecular weight excluding hydrogens is 484 g/mol. The summed E-state index contributed by atoms with van der Waals surface area (Å²) in [5.41, 5.74) is -3.28. The average molecular weight is 501 g/mol. The van der Waals surface area contributed by atoms with Crippen molar-refractivity contribution in [3.8, 4) is 6.07 Å². The van der Waals surface area contributed by atoms with E-state index in [1.54, 1.807) is 0 Å². The fourth-order valence-corrected chi connectivity index (χ4v) is 4.28. The zero-order valence-electron chi connectivity index (χ0n) is 17.8. The Morgan fingerprint density at radius 3 is 2.21 bits per heavy atom. The van der Waals surface area contributed by atoms with E-state index in [9.17, 15) is 41.2 Å². The van der Waals surface area contributed by atoms with Crippen LogP contribution in [0.3, 0.4) is 0 Å². The normalized spacial score (nSPS) is 15.4. The number of nitrogens with zero attached hydrogens (tertiary/aromatic N) is 2. The van der Waals surface area contributed by atoms with Gasteiger partial charge in [-0.2, -0.15) is 31.6 Å². The summed E-state index contributed by atoms with van der Waals surface area (Å²) in [4.78, 5) is 29.0. The van der Waals surface area contributed by atoms with Gasteiger partial charge in [-0.05, 0) is 36.1 Å². The molecule has 0 bridgehead atoms. The predicted molar refractivity (Wildman–Crippen MR) is 111 cm³/mol. The molecule has 1 heterocycles. The van der Waals surface area contributed by atoms with Crippen LogP contribution in [0.1, 0.15) is 53.0 Å². The smallest absolute Gasteiger partial charge is 0.325 e. The molecule has 0 aliphatic heterocycles. The third kappa shape index (κ3) is 5.88. The molecule has 2 aromatic rings. The quantitative estimate of drug-likeness (QED) is 0.418. The second-order valence-electron chi connectivity index (χ2n) is 8.52. The van der Waals surface area contributed by atoms with E-state index in [0.29, 0.717) is 36.2 Å². The van der Waals surface area contributed by atoms with Crippen LogP contribution in [0.25, 0.3) is 0 Å². The van der Waals surface area contributed by atoms with E-state index in [-0.39, 0.29) is 27.9 Å². The molecule has 0 spiro atoms. The highest BCUT2D eigenvalue weighted by Crippen LogP contribution is 2.38. The molecule has 34 heavy (non-hydrogen) atoms. The zero-order valence-corrected chi connectivity index (χ0v) is 18.6. The lowest BCUT2D eigenvalue weighted by molar-refractivity contribution is -0.143. The first kappa shape index (κ1) is 25.6. The summed E-state index contributed by atoms with van der Waals surface area (Å²) in [6, 6.07) is 4.06. The zero-order chi connectivity index (χ0) is 25.5. The summed E-state index contributed by atoms with van der Waals surface area (Å²) in [6.45, 7) is 3.77. The highest BCUT2D eigenvalue weighted by atomic mass is 32.2. The van der Waals surface area contributed by atoms with Crippen molar-refractivity contribution in [3.63, 3.8) is 0 Å². The fourth-order valence-electron chi connectivity index (χ4n) is 3.50. The number of carbonyl (C=O) groups is 2. The van der Waals surface area contributed by atoms with E-state index < -0.39 is 40.8 Å². The van der Waals surface area contributed by atoms with Gasteiger partial charge in [-0.15, -0.1) is 0 Å². The fraction of sp³-hybridized carbons (Fsp3) is 0.364. The van der Waals surface area contributed by atoms with Crippen LogP contribution in [0.5, 0.6) is 0 Å². The Bertz CT molecular complexity index is 1170. The number of nitriles is 1. The van der Waals surface area contributed by atoms with E-state index in [1.807, 2.05) is 25.2 Å². The molecule has 1 aliphatic rings. The number of halogens is 6. The van der Waals surface area contributed by atoms with E-state index in [2.05, 4.69) is 4.98 Å². The van der Waals surface area contributed by atoms with E-state index in [0.717, 1.165) is 11.8 Å². The third-order valence-corrected chi connectivity index (χ3v) is 5.98. The molecular formula is C22H17F6N3O2S. The highest BCUT2D eigenvalue weighted by Gasteiger charge is 2.37. The topological polar surface area (TPSA) is 82.8 Å². The summed E-state index contributed by atoms with van der Waals surface area (Å²) in [6.07, 6.45) is -9.34. The molecule has 1 aromatic heterocycles. The van der Waals surface area contributed by atoms with Gasteiger partial charge in [-0.1, -0.05) is 25.6 Å². The van der Waals surface area contributed by atoms with Crippen molar-refractivity contribution in [2.45, 2.75) is 44.1 Å². The number of nitrogens with one attached hydrogen (secondary N) is 1. The minimum Gasteiger partial charge on any atom is -0.325 e. The monoisotopic (exact) mass is 501 g/mol. The van der Waals surface area contributed by atoms with Gasteiger partial charge in [0.2, 0.25) is 5.91 Å². The van der Waals surface area contributed by atoms with E-state index in [4.69, 9.17) is 0 Å². The first-order valence-corrected chi connectivity index (χ1v) is 10.8. The molecule has 1 N–H and O–H groups in total. The van der Waals surface area contributed by atoms with Crippen molar-refractivity contribution in [1.29, 1.82) is 5.26 Å². The Balaban J connectivity index is 1.81. The number of carbonyl (C=O) groups excluding carboxylic acids is 2. The lowest BCUT2D eigenvalue weighted by atomic mass is 9.75. The van der Waals surface area contributed by atoms with Gasteiger partial charge in [-0.3, -0.25) is 9.59 Å². The Kier molecular flexibility index (Phi) is 6.72. The van der Waals surface area contributed by atoms with Crippen LogP contribution in [-0.2, 0) is 23.6 Å². The van der Waals surface area contributed by atoms with Gasteiger partial charge in [0.15, 0.2) is 5.78 Å². The number of rotatable bonds is 4. The number of benzene rings is 1. The number of amides is 1. The molecule has 5 nitrogen and oxygen atoms in total. The van der Waals surface area contributed by atoms with Crippen LogP contribution < -0.4 is 5.32 Å². The number of anilines is 1. The third-order valence-electron chi connectivity index (χ3n) is 4.98. The van der Waals surface area contributed by atoms with Gasteiger partial charge in [-0.25, -0.2) is 4.98 Å². The SMILES string of the molecule is CC1(C)CC(=O)c2cc(C#N)c(SCC(=O)Nc3cc(C(F)(F)F)cc(C(F)(F)F)c3)nc2C1. The lowest BCUT2D eigenvalue weighted by Crippen LogP contribution is -2.28. The van der Waals surface area contributed by atoms with Gasteiger partial charge in [0, 0.05) is 17.7 Å². The number of thioether (sulfide) groups is 1. The summed E-state index contributed by atoms with van der Waals surface area (Å²) >= 11 is 0.791. The number of aromatic nitrogens is 1. The Labute approximate surface area is 194 Å². The second kappa shape index (κ2) is 8.94. The minimum atomic E-state index is -5.05. The Morgan fingerprint density at radius 2 is 1.68 bits per heavy atom. The van der Waals surface area contributed by atoms with Crippen LogP contribution in [0.2, 0.25) is 0 Å². The van der Waals surface area contributed by atoms with E-state index in [1.165, 1.54) is 6.07 Å². The summed E-state index contributed by atoms with van der Waals surface area (Å²) in [7, 11) is 0. The van der Waals surface area contributed by atoms with Gasteiger partial charge in [0.1, 0.15) is 11.1 Å². The number of ketones is 1. The van der Waals surface area contributed by atoms with Crippen molar-refractivity contribution < 1.29 is 35.9 Å². The number of pyridine rings is 1. The first-order chi connectivity index (χ1) is 15.6. The van der Waals surface area contributed by atoms with Crippen molar-refractivity contribution in [3.05, 3.63) is 52.2 Å². The van der Waals surface area contributed by atoms with Crippen molar-refractivity contribution >= 4 is 29.1 Å². The van der Waals surface area contributed by atoms with Crippen LogP contribution in [0.15, 0.2) is 29.3 Å². The number of hydrogen-bond donors (Lipinski definition) is 1. The minimum absolute atomic E-state index is 0.0383. The highest BCUT2D eigenvalue weighted by molar-refractivity contribution is 8.00. The van der Waals surface area contributed by atoms with Crippen LogP contribution in [0.4, 0.5) is 32.0 Å². The van der Waals surface area contributed by atoms with Gasteiger partial charge < -0.3 is 5.32 Å². The molecule has 0 saturated carbocycles. The molecule has 1 aromatic carbocycles. The molecule has 0 atom stereocenters. The predicted octanol–water partition coefficient (Wildman–Crippen LogP) is 5.88. The number of hydrogen-bond acceptors (Lipinski definition) is 5. The van der Waals surface area contributed by atoms with Gasteiger partial charge in [0.05, 0.1) is 28.1 Å². The molecule has 180 valence electrons. The summed E-state index contributed by atoms with van der Waals surface area (Å²) in [5.74, 6) is -1.48. The first-order valence-electron chi connectivity index (χ1n) is 9.78. The maximum atomic E-state index is 13.0. The number of fused-ring (bicyclic) bond motifs is 1. The Hall–Kier alpha value is -3.07. The van der Waals surface area contributed by atoms with Crippen LogP contribution >= 0.6 is 11.8 Å². The molecule has 1 aliphatic carbocycles. The lowest BCUT2D eigenvalue weighted by Gasteiger charge is -2.29. The number of Topliss-reactive ketones (excluding diaryl/α,β-unsaturated/α-hetero) is 1. The Morgan fingerprint density at radius 1 is 1.09 bits per heavy atom. The van der Waals surface area contributed by atoms with E-state index >= 15 is 0 Å². The maximum absolute atomic E-state index is 13.0. The molecule has 12 heteroatoms. The van der Waals surface area contributed by atoms with Crippen molar-refractivity contribution in [2.75, 3.05) is 11.1 Å². The van der Waals surface area contributed by atoms with Crippen molar-refractivity contribution in [1.82, 2.24) is 4.98 Å². The molecule has 0 radical (unpaired) electrons. The standard InChI is InChI=1S/C22H17F6N3O2S/c1-20(2)7-16-15(17(32)8-20)3-11(9-29)19(31-16)34-10-18(33)30-14-5-12(21(23,24)25)4-13(6-14)22(26,27)28/h3-6H,7-8,10H2,1-2H3,(H,30,33). The van der Waals surface area contributed by atoms with Crippen LogP contribution in [-0.4, -0.2) is 22.4 Å². The largest absolute Gasteiger partial charge is 0.416 e. The van der Waals surface area contributed by atoms with Gasteiger partial charge in [0.25, 0.3) is 0 Å².